The van der Waals surface area contributed by atoms with Crippen LogP contribution in [0.1, 0.15) is 36.2 Å². The quantitative estimate of drug-likeness (QED) is 0.468. The van der Waals surface area contributed by atoms with Gasteiger partial charge in [0.25, 0.3) is 0 Å². The molecule has 1 atom stereocenters. The second-order valence-electron chi connectivity index (χ2n) is 6.45. The van der Waals surface area contributed by atoms with Crippen molar-refractivity contribution in [3.05, 3.63) is 40.0 Å². The van der Waals surface area contributed by atoms with Gasteiger partial charge in [-0.2, -0.15) is 13.2 Å². The van der Waals surface area contributed by atoms with Gasteiger partial charge in [-0.15, -0.1) is 11.3 Å². The fourth-order valence-corrected chi connectivity index (χ4v) is 3.30. The summed E-state index contributed by atoms with van der Waals surface area (Å²) in [6, 6.07) is 3.28. The molecule has 0 aliphatic carbocycles. The van der Waals surface area contributed by atoms with E-state index in [1.807, 2.05) is 31.2 Å². The topological polar surface area (TPSA) is 71.9 Å². The van der Waals surface area contributed by atoms with Crippen molar-refractivity contribution in [2.45, 2.75) is 39.2 Å². The van der Waals surface area contributed by atoms with E-state index in [2.05, 4.69) is 20.3 Å². The molecule has 0 saturated carbocycles. The van der Waals surface area contributed by atoms with Crippen molar-refractivity contribution in [3.63, 3.8) is 0 Å². The van der Waals surface area contributed by atoms with Crippen molar-refractivity contribution in [2.24, 2.45) is 4.99 Å². The summed E-state index contributed by atoms with van der Waals surface area (Å²) in [6.45, 7) is 3.75. The van der Waals surface area contributed by atoms with Crippen LogP contribution in [0.4, 0.5) is 13.2 Å². The summed E-state index contributed by atoms with van der Waals surface area (Å²) < 4.78 is 47.5. The Hall–Kier alpha value is -2.40. The van der Waals surface area contributed by atoms with Gasteiger partial charge in [0.2, 0.25) is 5.88 Å². The molecular formula is C19H26F3N5O2S. The van der Waals surface area contributed by atoms with Crippen LogP contribution in [0.2, 0.25) is 0 Å². The van der Waals surface area contributed by atoms with E-state index in [1.54, 1.807) is 19.2 Å². The molecule has 0 spiro atoms. The number of aromatic nitrogens is 2. The maximum Gasteiger partial charge on any atom is 0.422 e. The number of rotatable bonds is 9. The third-order valence-electron chi connectivity index (χ3n) is 3.99. The predicted molar refractivity (Wildman–Crippen MR) is 110 cm³/mol. The Balaban J connectivity index is 2.09. The van der Waals surface area contributed by atoms with Crippen LogP contribution in [0.5, 0.6) is 5.88 Å². The lowest BCUT2D eigenvalue weighted by Gasteiger charge is -2.21. The highest BCUT2D eigenvalue weighted by molar-refractivity contribution is 7.09. The first-order valence-corrected chi connectivity index (χ1v) is 10.2. The van der Waals surface area contributed by atoms with Crippen LogP contribution >= 0.6 is 11.3 Å². The van der Waals surface area contributed by atoms with Gasteiger partial charge in [0.05, 0.1) is 18.8 Å². The van der Waals surface area contributed by atoms with E-state index in [0.29, 0.717) is 24.6 Å². The summed E-state index contributed by atoms with van der Waals surface area (Å²) in [5, 5.41) is 6.04. The maximum atomic E-state index is 12.5. The van der Waals surface area contributed by atoms with Crippen molar-refractivity contribution in [1.82, 2.24) is 20.2 Å². The SMILES string of the molecule is CCNC(=NCc1cccnc1OCC(F)(F)F)N(C)Cc1csc(C(C)OC)n1. The van der Waals surface area contributed by atoms with Crippen molar-refractivity contribution in [1.29, 1.82) is 0 Å². The normalized spacial score (nSPS) is 13.2. The molecule has 30 heavy (non-hydrogen) atoms. The average molecular weight is 446 g/mol. The molecular weight excluding hydrogens is 419 g/mol. The molecule has 1 unspecified atom stereocenters. The van der Waals surface area contributed by atoms with Gasteiger partial charge in [-0.25, -0.2) is 15.0 Å². The van der Waals surface area contributed by atoms with E-state index in [4.69, 9.17) is 9.47 Å². The number of alkyl halides is 3. The highest BCUT2D eigenvalue weighted by Gasteiger charge is 2.29. The van der Waals surface area contributed by atoms with Gasteiger partial charge in [0.1, 0.15) is 11.1 Å². The predicted octanol–water partition coefficient (Wildman–Crippen LogP) is 3.78. The lowest BCUT2D eigenvalue weighted by atomic mass is 10.3. The summed E-state index contributed by atoms with van der Waals surface area (Å²) >= 11 is 1.53. The van der Waals surface area contributed by atoms with E-state index < -0.39 is 12.8 Å². The van der Waals surface area contributed by atoms with Crippen molar-refractivity contribution >= 4 is 17.3 Å². The molecule has 0 bridgehead atoms. The van der Waals surface area contributed by atoms with E-state index >= 15 is 0 Å². The molecule has 2 rings (SSSR count). The zero-order valence-corrected chi connectivity index (χ0v) is 18.2. The molecule has 0 aromatic carbocycles. The number of methoxy groups -OCH3 is 1. The molecule has 2 aromatic heterocycles. The molecule has 0 aliphatic heterocycles. The Morgan fingerprint density at radius 1 is 1.40 bits per heavy atom. The van der Waals surface area contributed by atoms with Gasteiger partial charge in [0.15, 0.2) is 12.6 Å². The summed E-state index contributed by atoms with van der Waals surface area (Å²) in [6.07, 6.45) is -3.12. The Labute approximate surface area is 178 Å². The molecule has 1 N–H and O–H groups in total. The molecule has 11 heteroatoms. The molecule has 166 valence electrons. The molecule has 0 aliphatic rings. The second kappa shape index (κ2) is 11.1. The molecule has 2 heterocycles. The first-order chi connectivity index (χ1) is 14.2. The number of ether oxygens (including phenoxy) is 2. The minimum absolute atomic E-state index is 0.0725. The van der Waals surface area contributed by atoms with Gasteiger partial charge in [-0.3, -0.25) is 0 Å². The lowest BCUT2D eigenvalue weighted by molar-refractivity contribution is -0.154. The van der Waals surface area contributed by atoms with Crippen LogP contribution in [0.3, 0.4) is 0 Å². The zero-order chi connectivity index (χ0) is 22.1. The maximum absolute atomic E-state index is 12.5. The summed E-state index contributed by atoms with van der Waals surface area (Å²) in [5.41, 5.74) is 1.35. The van der Waals surface area contributed by atoms with Gasteiger partial charge in [-0.1, -0.05) is 6.07 Å². The van der Waals surface area contributed by atoms with E-state index in [-0.39, 0.29) is 18.5 Å². The van der Waals surface area contributed by atoms with Gasteiger partial charge in [0, 0.05) is 37.8 Å². The van der Waals surface area contributed by atoms with E-state index in [1.165, 1.54) is 17.5 Å². The van der Waals surface area contributed by atoms with Crippen LogP contribution in [-0.4, -0.2) is 54.3 Å². The number of guanidine groups is 1. The molecule has 7 nitrogen and oxygen atoms in total. The smallest absolute Gasteiger partial charge is 0.422 e. The van der Waals surface area contributed by atoms with E-state index in [9.17, 15) is 13.2 Å². The van der Waals surface area contributed by atoms with Gasteiger partial charge >= 0.3 is 6.18 Å². The summed E-state index contributed by atoms with van der Waals surface area (Å²) in [4.78, 5) is 14.9. The van der Waals surface area contributed by atoms with Gasteiger partial charge < -0.3 is 19.7 Å². The molecule has 0 saturated heterocycles. The van der Waals surface area contributed by atoms with Crippen LogP contribution in [0.15, 0.2) is 28.7 Å². The third kappa shape index (κ3) is 7.45. The average Bonchev–Trinajstić information content (AvgIpc) is 3.17. The summed E-state index contributed by atoms with van der Waals surface area (Å²) in [7, 11) is 3.50. The number of nitrogens with one attached hydrogen (secondary N) is 1. The molecule has 2 aromatic rings. The summed E-state index contributed by atoms with van der Waals surface area (Å²) in [5.74, 6) is 0.521. The number of aliphatic imine (C=N–C) groups is 1. The van der Waals surface area contributed by atoms with Crippen molar-refractivity contribution in [2.75, 3.05) is 27.3 Å². The Kier molecular flexibility index (Phi) is 8.85. The molecule has 0 amide bonds. The molecule has 0 fully saturated rings. The van der Waals surface area contributed by atoms with Crippen molar-refractivity contribution in [3.8, 4) is 5.88 Å². The largest absolute Gasteiger partial charge is 0.468 e. The number of pyridine rings is 1. The number of halogens is 3. The fraction of sp³-hybridized carbons (Fsp3) is 0.526. The zero-order valence-electron chi connectivity index (χ0n) is 17.4. The standard InChI is InChI=1S/C19H26F3N5O2S/c1-5-23-18(27(3)10-15-11-30-17(26-15)13(2)28-4)25-9-14-7-6-8-24-16(14)29-12-19(20,21)22/h6-8,11,13H,5,9-10,12H2,1-4H3,(H,23,25). The third-order valence-corrected chi connectivity index (χ3v) is 5.04. The monoisotopic (exact) mass is 445 g/mol. The molecule has 0 radical (unpaired) electrons. The number of hydrogen-bond donors (Lipinski definition) is 1. The lowest BCUT2D eigenvalue weighted by Crippen LogP contribution is -2.38. The second-order valence-corrected chi connectivity index (χ2v) is 7.34. The van der Waals surface area contributed by atoms with E-state index in [0.717, 1.165) is 10.7 Å². The minimum atomic E-state index is -4.43. The Morgan fingerprint density at radius 3 is 2.83 bits per heavy atom. The highest BCUT2D eigenvalue weighted by Crippen LogP contribution is 2.22. The first kappa shape index (κ1) is 23.9. The fourth-order valence-electron chi connectivity index (χ4n) is 2.46. The van der Waals surface area contributed by atoms with Crippen molar-refractivity contribution < 1.29 is 22.6 Å². The first-order valence-electron chi connectivity index (χ1n) is 9.33. The number of nitrogens with zero attached hydrogens (tertiary/aromatic N) is 4. The minimum Gasteiger partial charge on any atom is -0.468 e. The Bertz CT molecular complexity index is 828. The van der Waals surface area contributed by atoms with Gasteiger partial charge in [-0.05, 0) is 19.9 Å². The highest BCUT2D eigenvalue weighted by atomic mass is 32.1. The van der Waals surface area contributed by atoms with Crippen LogP contribution in [-0.2, 0) is 17.8 Å². The Morgan fingerprint density at radius 2 is 2.17 bits per heavy atom. The van der Waals surface area contributed by atoms with Crippen LogP contribution < -0.4 is 10.1 Å². The number of thiazole rings is 1. The van der Waals surface area contributed by atoms with Crippen LogP contribution in [0, 0.1) is 0 Å². The number of hydrogen-bond acceptors (Lipinski definition) is 6. The van der Waals surface area contributed by atoms with Crippen LogP contribution in [0.25, 0.3) is 0 Å².